The van der Waals surface area contributed by atoms with Crippen LogP contribution in [0, 0.1) is 11.8 Å². The lowest BCUT2D eigenvalue weighted by Crippen LogP contribution is -2.37. The minimum absolute atomic E-state index is 0.0289. The fourth-order valence-electron chi connectivity index (χ4n) is 1.51. The summed E-state index contributed by atoms with van der Waals surface area (Å²) in [5.41, 5.74) is 0. The Morgan fingerprint density at radius 1 is 1.40 bits per heavy atom. The summed E-state index contributed by atoms with van der Waals surface area (Å²) in [4.78, 5) is 22.9. The number of carbonyl (C=O) groups is 2. The predicted molar refractivity (Wildman–Crippen MR) is 54.0 cm³/mol. The molecule has 4 heteroatoms. The molecule has 0 bridgehead atoms. The van der Waals surface area contributed by atoms with E-state index in [0.29, 0.717) is 12.0 Å². The molecule has 2 rings (SSSR count). The molecule has 0 aromatic heterocycles. The number of hydrogen-bond acceptors (Lipinski definition) is 3. The molecule has 1 N–H and O–H groups in total. The second-order valence-corrected chi connectivity index (χ2v) is 4.68. The maximum atomic E-state index is 11.5. The first-order valence-corrected chi connectivity index (χ1v) is 5.59. The Kier molecular flexibility index (Phi) is 2.67. The molecule has 2 aliphatic carbocycles. The summed E-state index contributed by atoms with van der Waals surface area (Å²) in [5, 5.41) is 2.81. The predicted octanol–water partition coefficient (Wildman–Crippen LogP) is 0.853. The van der Waals surface area contributed by atoms with Crippen molar-refractivity contribution in [1.82, 2.24) is 5.32 Å². The van der Waals surface area contributed by atoms with E-state index in [1.165, 1.54) is 0 Å². The Balaban J connectivity index is 1.72. The van der Waals surface area contributed by atoms with Crippen molar-refractivity contribution in [3.63, 3.8) is 0 Å². The average molecular weight is 211 g/mol. The molecule has 3 unspecified atom stereocenters. The van der Waals surface area contributed by atoms with Crippen molar-refractivity contribution in [1.29, 1.82) is 0 Å². The molecule has 0 radical (unpaired) electrons. The number of carbonyl (C=O) groups excluding carboxylic acids is 2. The molecule has 0 aliphatic heterocycles. The Morgan fingerprint density at radius 3 is 2.47 bits per heavy atom. The first-order valence-electron chi connectivity index (χ1n) is 5.59. The molecule has 1 amide bonds. The van der Waals surface area contributed by atoms with Gasteiger partial charge in [0.15, 0.2) is 6.10 Å². The van der Waals surface area contributed by atoms with Crippen LogP contribution in [0.4, 0.5) is 0 Å². The van der Waals surface area contributed by atoms with Crippen LogP contribution in [-0.2, 0) is 14.3 Å². The maximum absolute atomic E-state index is 11.5. The van der Waals surface area contributed by atoms with Crippen LogP contribution in [0.2, 0.25) is 0 Å². The van der Waals surface area contributed by atoms with Crippen LogP contribution in [0.1, 0.15) is 33.1 Å². The van der Waals surface area contributed by atoms with Crippen LogP contribution in [-0.4, -0.2) is 24.0 Å². The molecule has 4 nitrogen and oxygen atoms in total. The SMILES string of the molecule is CC(OC(=O)C1CC1C)C(=O)NC1CC1. The molecule has 15 heavy (non-hydrogen) atoms. The molecule has 2 aliphatic rings. The zero-order chi connectivity index (χ0) is 11.0. The molecule has 2 fully saturated rings. The molecule has 0 spiro atoms. The molecule has 84 valence electrons. The van der Waals surface area contributed by atoms with E-state index in [9.17, 15) is 9.59 Å². The first-order chi connectivity index (χ1) is 7.08. The van der Waals surface area contributed by atoms with Crippen LogP contribution in [0.3, 0.4) is 0 Å². The monoisotopic (exact) mass is 211 g/mol. The summed E-state index contributed by atoms with van der Waals surface area (Å²) in [6.07, 6.45) is 2.35. The van der Waals surface area contributed by atoms with Gasteiger partial charge in [-0.1, -0.05) is 6.92 Å². The zero-order valence-corrected chi connectivity index (χ0v) is 9.16. The topological polar surface area (TPSA) is 55.4 Å². The van der Waals surface area contributed by atoms with Crippen LogP contribution >= 0.6 is 0 Å². The maximum Gasteiger partial charge on any atom is 0.309 e. The normalized spacial score (nSPS) is 30.5. The molecular formula is C11H17NO3. The second kappa shape index (κ2) is 3.83. The third kappa shape index (κ3) is 2.70. The Labute approximate surface area is 89.4 Å². The fourth-order valence-corrected chi connectivity index (χ4v) is 1.51. The van der Waals surface area contributed by atoms with Crippen molar-refractivity contribution in [3.05, 3.63) is 0 Å². The quantitative estimate of drug-likeness (QED) is 0.701. The number of esters is 1. The van der Waals surface area contributed by atoms with E-state index < -0.39 is 6.10 Å². The molecular weight excluding hydrogens is 194 g/mol. The highest BCUT2D eigenvalue weighted by Gasteiger charge is 2.41. The lowest BCUT2D eigenvalue weighted by Gasteiger charge is -2.12. The van der Waals surface area contributed by atoms with E-state index in [0.717, 1.165) is 19.3 Å². The van der Waals surface area contributed by atoms with Gasteiger partial charge in [0.05, 0.1) is 5.92 Å². The third-order valence-corrected chi connectivity index (χ3v) is 3.00. The van der Waals surface area contributed by atoms with Crippen molar-refractivity contribution in [3.8, 4) is 0 Å². The summed E-state index contributed by atoms with van der Waals surface area (Å²) >= 11 is 0. The molecule has 0 saturated heterocycles. The highest BCUT2D eigenvalue weighted by Crippen LogP contribution is 2.38. The van der Waals surface area contributed by atoms with Crippen molar-refractivity contribution in [2.24, 2.45) is 11.8 Å². The number of ether oxygens (including phenoxy) is 1. The van der Waals surface area contributed by atoms with E-state index in [2.05, 4.69) is 5.32 Å². The average Bonchev–Trinajstić information content (AvgIpc) is 3.03. The van der Waals surface area contributed by atoms with Gasteiger partial charge in [-0.25, -0.2) is 0 Å². The van der Waals surface area contributed by atoms with E-state index in [4.69, 9.17) is 4.74 Å². The molecule has 3 atom stereocenters. The van der Waals surface area contributed by atoms with Gasteiger partial charge in [0.1, 0.15) is 0 Å². The van der Waals surface area contributed by atoms with Crippen molar-refractivity contribution >= 4 is 11.9 Å². The standard InChI is InChI=1S/C11H17NO3/c1-6-5-9(6)11(14)15-7(2)10(13)12-8-3-4-8/h6-9H,3-5H2,1-2H3,(H,12,13). The molecule has 0 heterocycles. The van der Waals surface area contributed by atoms with Gasteiger partial charge in [-0.15, -0.1) is 0 Å². The highest BCUT2D eigenvalue weighted by atomic mass is 16.5. The van der Waals surface area contributed by atoms with Gasteiger partial charge >= 0.3 is 5.97 Å². The summed E-state index contributed by atoms with van der Waals surface area (Å²) in [6.45, 7) is 3.64. The summed E-state index contributed by atoms with van der Waals surface area (Å²) < 4.78 is 5.08. The first kappa shape index (κ1) is 10.5. The van der Waals surface area contributed by atoms with E-state index in [1.807, 2.05) is 6.92 Å². The zero-order valence-electron chi connectivity index (χ0n) is 9.16. The van der Waals surface area contributed by atoms with Crippen LogP contribution in [0.5, 0.6) is 0 Å². The number of nitrogens with one attached hydrogen (secondary N) is 1. The van der Waals surface area contributed by atoms with Gasteiger partial charge in [-0.2, -0.15) is 0 Å². The Hall–Kier alpha value is -1.06. The van der Waals surface area contributed by atoms with Crippen LogP contribution < -0.4 is 5.32 Å². The molecule has 2 saturated carbocycles. The Morgan fingerprint density at radius 2 is 2.00 bits per heavy atom. The number of hydrogen-bond donors (Lipinski definition) is 1. The summed E-state index contributed by atoms with van der Waals surface area (Å²) in [6, 6.07) is 0.318. The summed E-state index contributed by atoms with van der Waals surface area (Å²) in [7, 11) is 0. The minimum atomic E-state index is -0.647. The lowest BCUT2D eigenvalue weighted by atomic mass is 10.3. The van der Waals surface area contributed by atoms with E-state index in [1.54, 1.807) is 6.92 Å². The van der Waals surface area contributed by atoms with Crippen LogP contribution in [0.15, 0.2) is 0 Å². The van der Waals surface area contributed by atoms with Crippen molar-refractivity contribution in [2.75, 3.05) is 0 Å². The summed E-state index contributed by atoms with van der Waals surface area (Å²) in [5.74, 6) is 0.0671. The van der Waals surface area contributed by atoms with Crippen LogP contribution in [0.25, 0.3) is 0 Å². The van der Waals surface area contributed by atoms with Gasteiger partial charge in [0, 0.05) is 6.04 Å². The van der Waals surface area contributed by atoms with E-state index >= 15 is 0 Å². The van der Waals surface area contributed by atoms with Gasteiger partial charge in [-0.3, -0.25) is 9.59 Å². The molecule has 0 aromatic rings. The largest absolute Gasteiger partial charge is 0.452 e. The van der Waals surface area contributed by atoms with Crippen molar-refractivity contribution < 1.29 is 14.3 Å². The van der Waals surface area contributed by atoms with Gasteiger partial charge in [0.2, 0.25) is 0 Å². The second-order valence-electron chi connectivity index (χ2n) is 4.68. The lowest BCUT2D eigenvalue weighted by molar-refractivity contribution is -0.156. The van der Waals surface area contributed by atoms with Gasteiger partial charge in [-0.05, 0) is 32.1 Å². The van der Waals surface area contributed by atoms with Gasteiger partial charge < -0.3 is 10.1 Å². The van der Waals surface area contributed by atoms with E-state index in [-0.39, 0.29) is 17.8 Å². The minimum Gasteiger partial charge on any atom is -0.452 e. The number of amides is 1. The fraction of sp³-hybridized carbons (Fsp3) is 0.818. The van der Waals surface area contributed by atoms with Gasteiger partial charge in [0.25, 0.3) is 5.91 Å². The Bertz CT molecular complexity index is 286. The van der Waals surface area contributed by atoms with Crippen molar-refractivity contribution in [2.45, 2.75) is 45.3 Å². The number of rotatable bonds is 4. The molecule has 0 aromatic carbocycles. The third-order valence-electron chi connectivity index (χ3n) is 3.00. The smallest absolute Gasteiger partial charge is 0.309 e. The highest BCUT2D eigenvalue weighted by molar-refractivity contribution is 5.85.